The van der Waals surface area contributed by atoms with E-state index in [0.29, 0.717) is 22.4 Å². The van der Waals surface area contributed by atoms with Crippen molar-refractivity contribution in [3.05, 3.63) is 59.8 Å². The fraction of sp³-hybridized carbons (Fsp3) is 0. The van der Waals surface area contributed by atoms with Crippen molar-refractivity contribution < 1.29 is 14.1 Å². The Bertz CT molecular complexity index is 831. The highest BCUT2D eigenvalue weighted by Crippen LogP contribution is 2.33. The van der Waals surface area contributed by atoms with Crippen LogP contribution in [0.25, 0.3) is 11.0 Å². The number of carbonyl (C=O) groups excluding carboxylic acids is 2. The molecule has 2 aromatic carbocycles. The van der Waals surface area contributed by atoms with Crippen LogP contribution in [0.2, 0.25) is 0 Å². The first kappa shape index (κ1) is 10.9. The molecule has 0 aliphatic carbocycles. The lowest BCUT2D eigenvalue weighted by atomic mass is 10.1. The first-order valence-electron chi connectivity index (χ1n) is 6.08. The summed E-state index contributed by atoms with van der Waals surface area (Å²) in [5.74, 6) is -0.677. The molecular weight excluding hydrogens is 256 g/mol. The van der Waals surface area contributed by atoms with E-state index < -0.39 is 0 Å². The molecule has 0 N–H and O–H groups in total. The molecule has 0 unspecified atom stereocenters. The average molecular weight is 264 g/mol. The first-order valence-corrected chi connectivity index (χ1v) is 6.08. The minimum absolute atomic E-state index is 0.338. The number of amides is 2. The first-order chi connectivity index (χ1) is 9.77. The van der Waals surface area contributed by atoms with Crippen molar-refractivity contribution in [3.63, 3.8) is 0 Å². The Balaban J connectivity index is 1.95. The van der Waals surface area contributed by atoms with E-state index in [1.165, 1.54) is 0 Å². The highest BCUT2D eigenvalue weighted by Gasteiger charge is 2.37. The molecule has 1 aliphatic rings. The number of hydrogen-bond donors (Lipinski definition) is 0. The van der Waals surface area contributed by atoms with Crippen LogP contribution in [-0.2, 0) is 0 Å². The van der Waals surface area contributed by atoms with Crippen LogP contribution < -0.4 is 4.90 Å². The van der Waals surface area contributed by atoms with Gasteiger partial charge >= 0.3 is 0 Å². The third-order valence-electron chi connectivity index (χ3n) is 3.40. The Morgan fingerprint density at radius 3 is 2.30 bits per heavy atom. The van der Waals surface area contributed by atoms with Gasteiger partial charge in [-0.15, -0.1) is 0 Å². The number of para-hydroxylation sites is 1. The number of carbonyl (C=O) groups is 2. The van der Waals surface area contributed by atoms with E-state index in [0.717, 1.165) is 10.3 Å². The number of nitrogens with zero attached hydrogens (tertiary/aromatic N) is 2. The molecule has 2 heterocycles. The molecule has 0 saturated heterocycles. The largest absolute Gasteiger partial charge is 0.354 e. The van der Waals surface area contributed by atoms with Crippen LogP contribution in [0.3, 0.4) is 0 Å². The highest BCUT2D eigenvalue weighted by molar-refractivity contribution is 6.35. The maximum absolute atomic E-state index is 12.4. The molecule has 5 heteroatoms. The van der Waals surface area contributed by atoms with Crippen molar-refractivity contribution in [2.45, 2.75) is 0 Å². The third-order valence-corrected chi connectivity index (χ3v) is 3.40. The quantitative estimate of drug-likeness (QED) is 0.634. The van der Waals surface area contributed by atoms with Gasteiger partial charge in [0.15, 0.2) is 5.58 Å². The van der Waals surface area contributed by atoms with Crippen LogP contribution >= 0.6 is 0 Å². The van der Waals surface area contributed by atoms with Gasteiger partial charge in [0.25, 0.3) is 11.8 Å². The van der Waals surface area contributed by atoms with Crippen LogP contribution in [0.15, 0.2) is 53.2 Å². The lowest BCUT2D eigenvalue weighted by Crippen LogP contribution is -2.29. The number of aromatic nitrogens is 1. The van der Waals surface area contributed by atoms with E-state index in [1.54, 1.807) is 42.6 Å². The minimum atomic E-state index is -0.338. The van der Waals surface area contributed by atoms with Crippen molar-refractivity contribution in [3.8, 4) is 0 Å². The van der Waals surface area contributed by atoms with Crippen molar-refractivity contribution in [2.75, 3.05) is 4.90 Å². The van der Waals surface area contributed by atoms with Crippen LogP contribution in [0.1, 0.15) is 20.7 Å². The summed E-state index contributed by atoms with van der Waals surface area (Å²) in [6.45, 7) is 0. The van der Waals surface area contributed by atoms with Crippen molar-refractivity contribution in [1.29, 1.82) is 0 Å². The van der Waals surface area contributed by atoms with E-state index >= 15 is 0 Å². The molecule has 0 radical (unpaired) electrons. The van der Waals surface area contributed by atoms with Crippen molar-refractivity contribution in [2.24, 2.45) is 0 Å². The molecule has 96 valence electrons. The van der Waals surface area contributed by atoms with Gasteiger partial charge in [-0.1, -0.05) is 23.4 Å². The molecule has 3 aromatic rings. The average Bonchev–Trinajstić information content (AvgIpc) is 3.04. The maximum atomic E-state index is 12.4. The van der Waals surface area contributed by atoms with E-state index in [-0.39, 0.29) is 11.8 Å². The second kappa shape index (κ2) is 3.77. The summed E-state index contributed by atoms with van der Waals surface area (Å²) in [5, 5.41) is 4.46. The lowest BCUT2D eigenvalue weighted by molar-refractivity contribution is 0.0926. The van der Waals surface area contributed by atoms with Crippen molar-refractivity contribution >= 4 is 28.5 Å². The van der Waals surface area contributed by atoms with Gasteiger partial charge in [0.05, 0.1) is 23.0 Å². The van der Waals surface area contributed by atoms with Gasteiger partial charge in [-0.3, -0.25) is 9.59 Å². The number of hydrogen-bond acceptors (Lipinski definition) is 4. The fourth-order valence-corrected chi connectivity index (χ4v) is 2.46. The summed E-state index contributed by atoms with van der Waals surface area (Å²) in [6.07, 6.45) is 1.55. The molecule has 20 heavy (non-hydrogen) atoms. The summed E-state index contributed by atoms with van der Waals surface area (Å²) in [6, 6.07) is 12.0. The van der Waals surface area contributed by atoms with E-state index in [1.807, 2.05) is 6.07 Å². The molecule has 0 atom stereocenters. The van der Waals surface area contributed by atoms with Crippen molar-refractivity contribution in [1.82, 2.24) is 5.16 Å². The SMILES string of the molecule is O=C1c2ccccc2C(=O)N1c1cccc2cnoc12. The summed E-state index contributed by atoms with van der Waals surface area (Å²) < 4.78 is 5.16. The number of fused-ring (bicyclic) bond motifs is 2. The van der Waals surface area contributed by atoms with Gasteiger partial charge in [0.1, 0.15) is 0 Å². The molecule has 0 spiro atoms. The van der Waals surface area contributed by atoms with Gasteiger partial charge in [-0.25, -0.2) is 4.90 Å². The molecule has 0 saturated carbocycles. The molecule has 0 fully saturated rings. The smallest absolute Gasteiger partial charge is 0.266 e. The monoisotopic (exact) mass is 264 g/mol. The van der Waals surface area contributed by atoms with Gasteiger partial charge < -0.3 is 4.52 Å². The predicted molar refractivity (Wildman–Crippen MR) is 71.6 cm³/mol. The van der Waals surface area contributed by atoms with E-state index in [2.05, 4.69) is 5.16 Å². The summed E-state index contributed by atoms with van der Waals surface area (Å²) in [5.41, 5.74) is 1.68. The topological polar surface area (TPSA) is 63.4 Å². The standard InChI is InChI=1S/C15H8N2O3/c18-14-10-5-1-2-6-11(10)15(19)17(14)12-7-3-4-9-8-16-20-13(9)12/h1-8H. The van der Waals surface area contributed by atoms with Gasteiger partial charge in [-0.2, -0.15) is 0 Å². The zero-order valence-electron chi connectivity index (χ0n) is 10.2. The molecule has 5 nitrogen and oxygen atoms in total. The minimum Gasteiger partial charge on any atom is -0.354 e. The molecule has 1 aliphatic heterocycles. The predicted octanol–water partition coefficient (Wildman–Crippen LogP) is 2.63. The number of imide groups is 1. The molecular formula is C15H8N2O3. The number of anilines is 1. The normalized spacial score (nSPS) is 14.1. The van der Waals surface area contributed by atoms with Gasteiger partial charge in [0.2, 0.25) is 0 Å². The summed E-state index contributed by atoms with van der Waals surface area (Å²) in [7, 11) is 0. The Morgan fingerprint density at radius 1 is 0.900 bits per heavy atom. The Labute approximate surface area is 113 Å². The lowest BCUT2D eigenvalue weighted by Gasteiger charge is -2.13. The van der Waals surface area contributed by atoms with Crippen LogP contribution in [0.5, 0.6) is 0 Å². The van der Waals surface area contributed by atoms with E-state index in [9.17, 15) is 9.59 Å². The van der Waals surface area contributed by atoms with E-state index in [4.69, 9.17) is 4.52 Å². The zero-order chi connectivity index (χ0) is 13.7. The summed E-state index contributed by atoms with van der Waals surface area (Å²) in [4.78, 5) is 26.0. The molecule has 1 aromatic heterocycles. The second-order valence-electron chi connectivity index (χ2n) is 4.51. The second-order valence-corrected chi connectivity index (χ2v) is 4.51. The van der Waals surface area contributed by atoms with Crippen LogP contribution in [-0.4, -0.2) is 17.0 Å². The molecule has 0 bridgehead atoms. The van der Waals surface area contributed by atoms with Crippen LogP contribution in [0, 0.1) is 0 Å². The van der Waals surface area contributed by atoms with Gasteiger partial charge in [-0.05, 0) is 24.3 Å². The molecule has 2 amide bonds. The third kappa shape index (κ3) is 1.29. The van der Waals surface area contributed by atoms with Gasteiger partial charge in [0, 0.05) is 5.39 Å². The zero-order valence-corrected chi connectivity index (χ0v) is 10.2. The number of rotatable bonds is 1. The maximum Gasteiger partial charge on any atom is 0.266 e. The Hall–Kier alpha value is -2.95. The highest BCUT2D eigenvalue weighted by atomic mass is 16.5. The Morgan fingerprint density at radius 2 is 1.60 bits per heavy atom. The molecule has 4 rings (SSSR count). The summed E-state index contributed by atoms with van der Waals surface area (Å²) >= 11 is 0. The number of benzene rings is 2. The Kier molecular flexibility index (Phi) is 2.06. The fourth-order valence-electron chi connectivity index (χ4n) is 2.46. The van der Waals surface area contributed by atoms with Crippen LogP contribution in [0.4, 0.5) is 5.69 Å².